The number of aryl methyl sites for hydroxylation is 1. The third kappa shape index (κ3) is 1.85. The van der Waals surface area contributed by atoms with E-state index in [1.54, 1.807) is 6.07 Å². The van der Waals surface area contributed by atoms with Crippen molar-refractivity contribution in [1.29, 1.82) is 0 Å². The molecule has 1 aliphatic rings. The molecule has 16 heavy (non-hydrogen) atoms. The normalized spacial score (nSPS) is 14.2. The van der Waals surface area contributed by atoms with Gasteiger partial charge in [-0.05, 0) is 30.4 Å². The molecule has 0 saturated carbocycles. The van der Waals surface area contributed by atoms with Crippen LogP contribution in [-0.2, 0) is 6.42 Å². The van der Waals surface area contributed by atoms with Gasteiger partial charge >= 0.3 is 0 Å². The predicted molar refractivity (Wildman–Crippen MR) is 61.4 cm³/mol. The average Bonchev–Trinajstić information content (AvgIpc) is 2.52. The van der Waals surface area contributed by atoms with Crippen LogP contribution in [-0.4, -0.2) is 11.8 Å². The van der Waals surface area contributed by atoms with E-state index in [0.29, 0.717) is 17.0 Å². The van der Waals surface area contributed by atoms with Crippen LogP contribution in [0.25, 0.3) is 0 Å². The van der Waals surface area contributed by atoms with E-state index in [0.717, 1.165) is 18.4 Å². The summed E-state index contributed by atoms with van der Waals surface area (Å²) < 4.78 is 0. The lowest BCUT2D eigenvalue weighted by Crippen LogP contribution is -2.20. The number of carbonyl (C=O) groups excluding carboxylic acids is 2. The van der Waals surface area contributed by atoms with E-state index in [2.05, 4.69) is 19.2 Å². The first-order valence-electron chi connectivity index (χ1n) is 5.57. The minimum atomic E-state index is -0.272. The van der Waals surface area contributed by atoms with Crippen molar-refractivity contribution in [2.75, 3.05) is 0 Å². The van der Waals surface area contributed by atoms with Gasteiger partial charge in [-0.2, -0.15) is 0 Å². The molecule has 0 bridgehead atoms. The van der Waals surface area contributed by atoms with Crippen LogP contribution in [0.3, 0.4) is 0 Å². The Hall–Kier alpha value is -1.64. The highest BCUT2D eigenvalue weighted by molar-refractivity contribution is 6.22. The zero-order valence-corrected chi connectivity index (χ0v) is 9.54. The Morgan fingerprint density at radius 1 is 1.19 bits per heavy atom. The molecule has 1 N–H and O–H groups in total. The van der Waals surface area contributed by atoms with Crippen molar-refractivity contribution in [3.05, 3.63) is 34.9 Å². The van der Waals surface area contributed by atoms with Gasteiger partial charge in [0, 0.05) is 0 Å². The van der Waals surface area contributed by atoms with E-state index in [4.69, 9.17) is 0 Å². The summed E-state index contributed by atoms with van der Waals surface area (Å²) in [5.41, 5.74) is 2.08. The van der Waals surface area contributed by atoms with E-state index in [1.165, 1.54) is 0 Å². The van der Waals surface area contributed by atoms with Crippen LogP contribution >= 0.6 is 0 Å². The first-order valence-corrected chi connectivity index (χ1v) is 5.57. The number of hydrogen-bond donors (Lipinski definition) is 1. The van der Waals surface area contributed by atoms with Gasteiger partial charge in [0.05, 0.1) is 11.1 Å². The Morgan fingerprint density at radius 3 is 2.62 bits per heavy atom. The molecule has 0 aromatic heterocycles. The molecule has 2 rings (SSSR count). The van der Waals surface area contributed by atoms with E-state index in [-0.39, 0.29) is 11.8 Å². The molecule has 1 heterocycles. The lowest BCUT2D eigenvalue weighted by molar-refractivity contribution is 0.0879. The summed E-state index contributed by atoms with van der Waals surface area (Å²) >= 11 is 0. The van der Waals surface area contributed by atoms with Gasteiger partial charge in [-0.15, -0.1) is 0 Å². The summed E-state index contributed by atoms with van der Waals surface area (Å²) in [6, 6.07) is 5.47. The molecule has 84 valence electrons. The maximum absolute atomic E-state index is 11.6. The molecule has 0 fully saturated rings. The van der Waals surface area contributed by atoms with Gasteiger partial charge in [-0.1, -0.05) is 26.0 Å². The molecule has 3 nitrogen and oxygen atoms in total. The summed E-state index contributed by atoms with van der Waals surface area (Å²) in [6.07, 6.45) is 1.87. The standard InChI is InChI=1S/C13H15NO2/c1-8(2)6-7-9-4-3-5-10-11(9)13(16)14-12(10)15/h3-5,8H,6-7H2,1-2H3,(H,14,15,16). The molecule has 3 heteroatoms. The highest BCUT2D eigenvalue weighted by Gasteiger charge is 2.28. The SMILES string of the molecule is CC(C)CCc1cccc2c1C(=O)NC2=O. The van der Waals surface area contributed by atoms with Crippen LogP contribution in [0.4, 0.5) is 0 Å². The fraction of sp³-hybridized carbons (Fsp3) is 0.385. The molecule has 0 spiro atoms. The van der Waals surface area contributed by atoms with Crippen LogP contribution in [0.15, 0.2) is 18.2 Å². The Morgan fingerprint density at radius 2 is 1.94 bits per heavy atom. The number of rotatable bonds is 3. The molecule has 2 amide bonds. The summed E-state index contributed by atoms with van der Waals surface area (Å²) in [6.45, 7) is 4.29. The first-order chi connectivity index (χ1) is 7.59. The van der Waals surface area contributed by atoms with Crippen molar-refractivity contribution in [2.24, 2.45) is 5.92 Å². The van der Waals surface area contributed by atoms with E-state index >= 15 is 0 Å². The van der Waals surface area contributed by atoms with Gasteiger partial charge in [-0.3, -0.25) is 14.9 Å². The minimum Gasteiger partial charge on any atom is -0.288 e. The molecule has 1 aromatic rings. The van der Waals surface area contributed by atoms with Crippen LogP contribution in [0, 0.1) is 5.92 Å². The first kappa shape index (κ1) is 10.9. The fourth-order valence-electron chi connectivity index (χ4n) is 1.94. The third-order valence-corrected chi connectivity index (χ3v) is 2.84. The quantitative estimate of drug-likeness (QED) is 0.788. The van der Waals surface area contributed by atoms with Crippen molar-refractivity contribution in [3.63, 3.8) is 0 Å². The topological polar surface area (TPSA) is 46.2 Å². The van der Waals surface area contributed by atoms with Crippen LogP contribution < -0.4 is 5.32 Å². The van der Waals surface area contributed by atoms with E-state index < -0.39 is 0 Å². The Balaban J connectivity index is 2.34. The second-order valence-corrected chi connectivity index (χ2v) is 4.56. The molecule has 0 atom stereocenters. The van der Waals surface area contributed by atoms with E-state index in [1.807, 2.05) is 12.1 Å². The summed E-state index contributed by atoms with van der Waals surface area (Å²) in [5.74, 6) is 0.0711. The maximum atomic E-state index is 11.6. The summed E-state index contributed by atoms with van der Waals surface area (Å²) in [5, 5.41) is 2.33. The van der Waals surface area contributed by atoms with Crippen LogP contribution in [0.1, 0.15) is 46.5 Å². The predicted octanol–water partition coefficient (Wildman–Crippen LogP) is 2.16. The third-order valence-electron chi connectivity index (χ3n) is 2.84. The Bertz CT molecular complexity index is 449. The molecule has 0 aliphatic carbocycles. The molecule has 1 aromatic carbocycles. The molecular formula is C13H15NO2. The second-order valence-electron chi connectivity index (χ2n) is 4.56. The number of hydrogen-bond acceptors (Lipinski definition) is 2. The number of nitrogens with one attached hydrogen (secondary N) is 1. The number of amides is 2. The van der Waals surface area contributed by atoms with E-state index in [9.17, 15) is 9.59 Å². The smallest absolute Gasteiger partial charge is 0.259 e. The van der Waals surface area contributed by atoms with Gasteiger partial charge in [0.25, 0.3) is 11.8 Å². The average molecular weight is 217 g/mol. The van der Waals surface area contributed by atoms with Crippen molar-refractivity contribution in [2.45, 2.75) is 26.7 Å². The maximum Gasteiger partial charge on any atom is 0.259 e. The number of fused-ring (bicyclic) bond motifs is 1. The molecule has 0 saturated heterocycles. The van der Waals surface area contributed by atoms with Gasteiger partial charge in [-0.25, -0.2) is 0 Å². The Labute approximate surface area is 94.9 Å². The molecule has 1 aliphatic heterocycles. The van der Waals surface area contributed by atoms with Crippen LogP contribution in [0.2, 0.25) is 0 Å². The van der Waals surface area contributed by atoms with Gasteiger partial charge in [0.2, 0.25) is 0 Å². The molecular weight excluding hydrogens is 202 g/mol. The van der Waals surface area contributed by atoms with Crippen molar-refractivity contribution in [3.8, 4) is 0 Å². The zero-order valence-electron chi connectivity index (χ0n) is 9.54. The van der Waals surface area contributed by atoms with Crippen LogP contribution in [0.5, 0.6) is 0 Å². The molecule has 0 radical (unpaired) electrons. The van der Waals surface area contributed by atoms with Crippen molar-refractivity contribution < 1.29 is 9.59 Å². The fourth-order valence-corrected chi connectivity index (χ4v) is 1.94. The van der Waals surface area contributed by atoms with Gasteiger partial charge < -0.3 is 0 Å². The second kappa shape index (κ2) is 4.08. The highest BCUT2D eigenvalue weighted by Crippen LogP contribution is 2.22. The summed E-state index contributed by atoms with van der Waals surface area (Å²) in [4.78, 5) is 23.0. The Kier molecular flexibility index (Phi) is 2.77. The number of carbonyl (C=O) groups is 2. The summed E-state index contributed by atoms with van der Waals surface area (Å²) in [7, 11) is 0. The monoisotopic (exact) mass is 217 g/mol. The van der Waals surface area contributed by atoms with Crippen molar-refractivity contribution in [1.82, 2.24) is 5.32 Å². The minimum absolute atomic E-state index is 0.251. The lowest BCUT2D eigenvalue weighted by atomic mass is 9.96. The number of benzene rings is 1. The number of imide groups is 1. The lowest BCUT2D eigenvalue weighted by Gasteiger charge is -2.07. The van der Waals surface area contributed by atoms with Crippen molar-refractivity contribution >= 4 is 11.8 Å². The van der Waals surface area contributed by atoms with Gasteiger partial charge in [0.15, 0.2) is 0 Å². The molecule has 0 unspecified atom stereocenters. The highest BCUT2D eigenvalue weighted by atomic mass is 16.2. The largest absolute Gasteiger partial charge is 0.288 e. The zero-order chi connectivity index (χ0) is 11.7. The van der Waals surface area contributed by atoms with Gasteiger partial charge in [0.1, 0.15) is 0 Å².